The third-order valence-corrected chi connectivity index (χ3v) is 6.02. The Bertz CT molecular complexity index is 289. The van der Waals surface area contributed by atoms with E-state index in [1.165, 1.54) is 0 Å². The Morgan fingerprint density at radius 2 is 1.61 bits per heavy atom. The normalized spacial score (nSPS) is 26.1. The van der Waals surface area contributed by atoms with E-state index in [2.05, 4.69) is 25.4 Å². The SMILES string of the molecule is C.C.CC(C)(C)CN1CCCO[P@]1(=O)C(C)(C)C. The van der Waals surface area contributed by atoms with Gasteiger partial charge in [0.1, 0.15) is 0 Å². The Morgan fingerprint density at radius 1 is 1.11 bits per heavy atom. The van der Waals surface area contributed by atoms with Crippen LogP contribution in [-0.2, 0) is 9.09 Å². The van der Waals surface area contributed by atoms with Crippen LogP contribution in [0.15, 0.2) is 0 Å². The summed E-state index contributed by atoms with van der Waals surface area (Å²) < 4.78 is 20.7. The van der Waals surface area contributed by atoms with Crippen molar-refractivity contribution in [2.24, 2.45) is 5.41 Å². The first-order valence-electron chi connectivity index (χ1n) is 6.06. The zero-order valence-corrected chi connectivity index (χ0v) is 12.4. The van der Waals surface area contributed by atoms with Crippen LogP contribution in [0, 0.1) is 5.41 Å². The predicted molar refractivity (Wildman–Crippen MR) is 82.4 cm³/mol. The Morgan fingerprint density at radius 3 is 2.00 bits per heavy atom. The highest BCUT2D eigenvalue weighted by Gasteiger charge is 2.46. The molecule has 1 aliphatic heterocycles. The third-order valence-electron chi connectivity index (χ3n) is 2.70. The van der Waals surface area contributed by atoms with Crippen LogP contribution < -0.4 is 0 Å². The summed E-state index contributed by atoms with van der Waals surface area (Å²) in [6.45, 7) is 14.9. The molecule has 0 N–H and O–H groups in total. The summed E-state index contributed by atoms with van der Waals surface area (Å²) >= 11 is 0. The molecule has 112 valence electrons. The summed E-state index contributed by atoms with van der Waals surface area (Å²) in [4.78, 5) is 0. The molecule has 3 nitrogen and oxygen atoms in total. The molecule has 0 aromatic rings. The summed E-state index contributed by atoms with van der Waals surface area (Å²) in [7, 11) is -2.67. The van der Waals surface area contributed by atoms with Gasteiger partial charge in [-0.1, -0.05) is 35.6 Å². The lowest BCUT2D eigenvalue weighted by molar-refractivity contribution is 0.165. The maximum absolute atomic E-state index is 13.0. The minimum Gasteiger partial charge on any atom is -0.317 e. The van der Waals surface area contributed by atoms with E-state index in [1.807, 2.05) is 20.8 Å². The second-order valence-electron chi connectivity index (χ2n) is 6.83. The van der Waals surface area contributed by atoms with Gasteiger partial charge in [0.2, 0.25) is 0 Å². The molecule has 0 aliphatic carbocycles. The number of hydrogen-bond donors (Lipinski definition) is 0. The first-order chi connectivity index (χ1) is 7.06. The molecule has 1 heterocycles. The maximum Gasteiger partial charge on any atom is 0.277 e. The molecule has 0 radical (unpaired) electrons. The van der Waals surface area contributed by atoms with Crippen LogP contribution in [0.4, 0.5) is 0 Å². The highest BCUT2D eigenvalue weighted by molar-refractivity contribution is 7.58. The van der Waals surface area contributed by atoms with Crippen LogP contribution in [0.5, 0.6) is 0 Å². The third kappa shape index (κ3) is 4.68. The number of nitrogens with zero attached hydrogens (tertiary/aromatic N) is 1. The molecular weight excluding hydrogens is 245 g/mol. The molecule has 18 heavy (non-hydrogen) atoms. The van der Waals surface area contributed by atoms with E-state index in [9.17, 15) is 4.57 Å². The van der Waals surface area contributed by atoms with Crippen molar-refractivity contribution in [3.05, 3.63) is 0 Å². The van der Waals surface area contributed by atoms with Gasteiger partial charge in [0, 0.05) is 13.1 Å². The molecule has 0 aromatic carbocycles. The molecule has 1 saturated heterocycles. The molecule has 0 saturated carbocycles. The summed E-state index contributed by atoms with van der Waals surface area (Å²) in [5.74, 6) is 0. The molecule has 0 bridgehead atoms. The van der Waals surface area contributed by atoms with Crippen LogP contribution in [0.3, 0.4) is 0 Å². The zero-order chi connectivity index (χ0) is 12.6. The lowest BCUT2D eigenvalue weighted by Crippen LogP contribution is -2.40. The summed E-state index contributed by atoms with van der Waals surface area (Å²) in [6.07, 6.45) is 0.982. The van der Waals surface area contributed by atoms with Crippen LogP contribution in [0.2, 0.25) is 0 Å². The lowest BCUT2D eigenvalue weighted by atomic mass is 9.97. The van der Waals surface area contributed by atoms with Gasteiger partial charge in [0.05, 0.1) is 11.8 Å². The van der Waals surface area contributed by atoms with Gasteiger partial charge in [-0.15, -0.1) is 0 Å². The van der Waals surface area contributed by atoms with Crippen molar-refractivity contribution in [3.63, 3.8) is 0 Å². The van der Waals surface area contributed by atoms with E-state index in [-0.39, 0.29) is 25.4 Å². The van der Waals surface area contributed by atoms with Gasteiger partial charge >= 0.3 is 0 Å². The quantitative estimate of drug-likeness (QED) is 0.631. The molecule has 0 spiro atoms. The van der Waals surface area contributed by atoms with E-state index < -0.39 is 7.52 Å². The van der Waals surface area contributed by atoms with Crippen molar-refractivity contribution in [1.82, 2.24) is 4.67 Å². The van der Waals surface area contributed by atoms with Crippen LogP contribution in [-0.4, -0.2) is 29.5 Å². The van der Waals surface area contributed by atoms with Gasteiger partial charge in [-0.2, -0.15) is 0 Å². The Kier molecular flexibility index (Phi) is 7.44. The molecule has 0 amide bonds. The van der Waals surface area contributed by atoms with Crippen molar-refractivity contribution in [2.45, 2.75) is 68.0 Å². The van der Waals surface area contributed by atoms with Crippen molar-refractivity contribution >= 4 is 7.52 Å². The first-order valence-corrected chi connectivity index (χ1v) is 7.64. The van der Waals surface area contributed by atoms with E-state index in [0.717, 1.165) is 19.5 Å². The Hall–Kier alpha value is 0.150. The molecule has 1 fully saturated rings. The summed E-state index contributed by atoms with van der Waals surface area (Å²) in [6, 6.07) is 0. The van der Waals surface area contributed by atoms with E-state index in [4.69, 9.17) is 4.52 Å². The van der Waals surface area contributed by atoms with Crippen LogP contribution in [0.25, 0.3) is 0 Å². The van der Waals surface area contributed by atoms with Crippen molar-refractivity contribution in [1.29, 1.82) is 0 Å². The van der Waals surface area contributed by atoms with Crippen molar-refractivity contribution in [2.75, 3.05) is 19.7 Å². The van der Waals surface area contributed by atoms with Crippen LogP contribution >= 0.6 is 7.52 Å². The number of rotatable bonds is 1. The fourth-order valence-electron chi connectivity index (χ4n) is 1.99. The summed E-state index contributed by atoms with van der Waals surface area (Å²) in [5.41, 5.74) is 0.154. The average Bonchev–Trinajstić information content (AvgIpc) is 2.04. The van der Waals surface area contributed by atoms with Crippen molar-refractivity contribution in [3.8, 4) is 0 Å². The Labute approximate surface area is 115 Å². The zero-order valence-electron chi connectivity index (χ0n) is 11.5. The minimum atomic E-state index is -2.67. The lowest BCUT2D eigenvalue weighted by Gasteiger charge is -2.44. The van der Waals surface area contributed by atoms with Gasteiger partial charge < -0.3 is 4.52 Å². The molecule has 4 heteroatoms. The second-order valence-corrected chi connectivity index (χ2v) is 10.0. The fourth-order valence-corrected chi connectivity index (χ4v) is 4.78. The summed E-state index contributed by atoms with van der Waals surface area (Å²) in [5, 5.41) is -0.293. The van der Waals surface area contributed by atoms with Gasteiger partial charge in [0.15, 0.2) is 0 Å². The largest absolute Gasteiger partial charge is 0.317 e. The van der Waals surface area contributed by atoms with E-state index in [0.29, 0.717) is 6.61 Å². The van der Waals surface area contributed by atoms with Gasteiger partial charge in [-0.25, -0.2) is 4.67 Å². The maximum atomic E-state index is 13.0. The predicted octanol–water partition coefficient (Wildman–Crippen LogP) is 5.02. The molecule has 1 atom stereocenters. The second kappa shape index (κ2) is 6.54. The smallest absolute Gasteiger partial charge is 0.277 e. The standard InChI is InChI=1S/C12H26NO2P.2CH4/c1-11(2,3)10-13-8-7-9-15-16(13,14)12(4,5)6;;/h7-10H2,1-6H3;2*1H4/t16-;;/m1../s1. The monoisotopic (exact) mass is 279 g/mol. The topological polar surface area (TPSA) is 29.5 Å². The molecule has 0 aromatic heterocycles. The van der Waals surface area contributed by atoms with E-state index in [1.54, 1.807) is 0 Å². The van der Waals surface area contributed by atoms with Gasteiger partial charge in [-0.05, 0) is 32.6 Å². The average molecular weight is 279 g/mol. The molecular formula is C14H34NO2P. The van der Waals surface area contributed by atoms with E-state index >= 15 is 0 Å². The van der Waals surface area contributed by atoms with Crippen molar-refractivity contribution < 1.29 is 9.09 Å². The highest BCUT2D eigenvalue weighted by atomic mass is 31.2. The van der Waals surface area contributed by atoms with Gasteiger partial charge in [-0.3, -0.25) is 4.57 Å². The fraction of sp³-hybridized carbons (Fsp3) is 1.00. The molecule has 1 aliphatic rings. The number of hydrogen-bond acceptors (Lipinski definition) is 2. The highest BCUT2D eigenvalue weighted by Crippen LogP contribution is 2.63. The Balaban J connectivity index is 0. The first kappa shape index (κ1) is 20.5. The van der Waals surface area contributed by atoms with Gasteiger partial charge in [0.25, 0.3) is 7.52 Å². The molecule has 1 rings (SSSR count). The minimum absolute atomic E-state index is 0. The molecule has 0 unspecified atom stereocenters. The van der Waals surface area contributed by atoms with Crippen LogP contribution in [0.1, 0.15) is 62.8 Å².